The lowest BCUT2D eigenvalue weighted by Gasteiger charge is -2.27. The van der Waals surface area contributed by atoms with E-state index in [-0.39, 0.29) is 11.9 Å². The molecule has 1 aromatic rings. The number of halogens is 6. The summed E-state index contributed by atoms with van der Waals surface area (Å²) in [5.41, 5.74) is -0.479. The first-order chi connectivity index (χ1) is 9.59. The molecule has 1 atom stereocenters. The highest BCUT2D eigenvalue weighted by molar-refractivity contribution is 5.31. The van der Waals surface area contributed by atoms with E-state index in [1.165, 1.54) is 12.1 Å². The second kappa shape index (κ2) is 5.40. The minimum atomic E-state index is -5.59. The zero-order valence-electron chi connectivity index (χ0n) is 10.6. The quantitative estimate of drug-likeness (QED) is 0.851. The largest absolute Gasteiger partial charge is 0.490 e. The third-order valence-corrected chi connectivity index (χ3v) is 3.05. The number of benzene rings is 1. The van der Waals surface area contributed by atoms with Crippen molar-refractivity contribution in [3.8, 4) is 5.75 Å². The lowest BCUT2D eigenvalue weighted by atomic mass is 9.94. The summed E-state index contributed by atoms with van der Waals surface area (Å²) >= 11 is 0. The van der Waals surface area contributed by atoms with Gasteiger partial charge in [-0.3, -0.25) is 0 Å². The van der Waals surface area contributed by atoms with Gasteiger partial charge in [-0.1, -0.05) is 12.1 Å². The molecule has 1 fully saturated rings. The van der Waals surface area contributed by atoms with Gasteiger partial charge in [0.1, 0.15) is 5.75 Å². The first-order valence-corrected chi connectivity index (χ1v) is 6.17. The van der Waals surface area contributed by atoms with Gasteiger partial charge in [-0.25, -0.2) is 0 Å². The van der Waals surface area contributed by atoms with E-state index in [2.05, 4.69) is 0 Å². The fraction of sp³-hybridized carbons (Fsp3) is 0.538. The Kier molecular flexibility index (Phi) is 4.10. The van der Waals surface area contributed by atoms with Gasteiger partial charge in [0.05, 0.1) is 12.2 Å². The van der Waals surface area contributed by atoms with Crippen molar-refractivity contribution in [1.82, 2.24) is 0 Å². The summed E-state index contributed by atoms with van der Waals surface area (Å²) in [6.45, 7) is 0. The van der Waals surface area contributed by atoms with Crippen LogP contribution in [0.15, 0.2) is 24.3 Å². The molecule has 0 bridgehead atoms. The Morgan fingerprint density at radius 2 is 1.62 bits per heavy atom. The molecule has 0 heterocycles. The predicted octanol–water partition coefficient (Wildman–Crippen LogP) is 4.00. The maximum atomic E-state index is 12.6. The lowest BCUT2D eigenvalue weighted by molar-refractivity contribution is -0.307. The Hall–Kier alpha value is -1.44. The number of hydrogen-bond donors (Lipinski definition) is 1. The van der Waals surface area contributed by atoms with E-state index in [4.69, 9.17) is 4.74 Å². The smallest absolute Gasteiger partial charge is 0.403 e. The fourth-order valence-electron chi connectivity index (χ4n) is 1.89. The average Bonchev–Trinajstić information content (AvgIpc) is 3.09. The molecule has 0 aliphatic heterocycles. The Labute approximate surface area is 116 Å². The summed E-state index contributed by atoms with van der Waals surface area (Å²) in [5.74, 6) is -3.68. The van der Waals surface area contributed by atoms with Crippen LogP contribution in [0, 0.1) is 5.92 Å². The van der Waals surface area contributed by atoms with Crippen LogP contribution in [0.3, 0.4) is 0 Å². The number of ether oxygens (including phenoxy) is 1. The summed E-state index contributed by atoms with van der Waals surface area (Å²) in [5, 5.41) is 9.53. The molecule has 1 unspecified atom stereocenters. The molecule has 1 aliphatic carbocycles. The molecule has 8 heteroatoms. The zero-order valence-corrected chi connectivity index (χ0v) is 10.6. The summed E-state index contributed by atoms with van der Waals surface area (Å²) in [6, 6.07) is 4.69. The first kappa shape index (κ1) is 15.9. The van der Waals surface area contributed by atoms with Gasteiger partial charge in [-0.15, -0.1) is 0 Å². The fourth-order valence-corrected chi connectivity index (χ4v) is 1.89. The maximum Gasteiger partial charge on any atom is 0.403 e. The molecule has 21 heavy (non-hydrogen) atoms. The van der Waals surface area contributed by atoms with Crippen LogP contribution in [-0.4, -0.2) is 23.6 Å². The van der Waals surface area contributed by atoms with Crippen molar-refractivity contribution < 1.29 is 36.2 Å². The lowest BCUT2D eigenvalue weighted by Crippen LogP contribution is -2.40. The highest BCUT2D eigenvalue weighted by Gasteiger charge is 2.60. The Balaban J connectivity index is 2.25. The monoisotopic (exact) mass is 314 g/mol. The third kappa shape index (κ3) is 4.03. The van der Waals surface area contributed by atoms with Crippen LogP contribution in [0.4, 0.5) is 26.3 Å². The summed E-state index contributed by atoms with van der Waals surface area (Å²) in [6.07, 6.45) is -12.4. The normalized spacial score (nSPS) is 17.9. The van der Waals surface area contributed by atoms with E-state index in [1.54, 1.807) is 0 Å². The van der Waals surface area contributed by atoms with Gasteiger partial charge in [0.15, 0.2) is 5.92 Å². The SMILES string of the molecule is OC(c1cccc(OC2CC2)c1)C(C(F)(F)F)C(F)(F)F. The third-order valence-electron chi connectivity index (χ3n) is 3.05. The second-order valence-corrected chi connectivity index (χ2v) is 4.90. The van der Waals surface area contributed by atoms with Crippen LogP contribution < -0.4 is 4.74 Å². The van der Waals surface area contributed by atoms with Gasteiger partial charge in [0.25, 0.3) is 0 Å². The Morgan fingerprint density at radius 3 is 2.10 bits per heavy atom. The van der Waals surface area contributed by atoms with Crippen LogP contribution in [0.1, 0.15) is 24.5 Å². The van der Waals surface area contributed by atoms with Gasteiger partial charge in [-0.2, -0.15) is 26.3 Å². The zero-order chi connectivity index (χ0) is 15.8. The highest BCUT2D eigenvalue weighted by atomic mass is 19.4. The summed E-state index contributed by atoms with van der Waals surface area (Å²) < 4.78 is 80.7. The van der Waals surface area contributed by atoms with Crippen molar-refractivity contribution in [3.05, 3.63) is 29.8 Å². The maximum absolute atomic E-state index is 12.6. The topological polar surface area (TPSA) is 29.5 Å². The van der Waals surface area contributed by atoms with E-state index in [0.717, 1.165) is 25.0 Å². The summed E-state index contributed by atoms with van der Waals surface area (Å²) in [7, 11) is 0. The molecule has 2 nitrogen and oxygen atoms in total. The molecule has 1 aliphatic rings. The van der Waals surface area contributed by atoms with Crippen LogP contribution in [0.25, 0.3) is 0 Å². The van der Waals surface area contributed by atoms with E-state index in [9.17, 15) is 31.4 Å². The number of rotatable bonds is 4. The first-order valence-electron chi connectivity index (χ1n) is 6.17. The Bertz CT molecular complexity index is 478. The van der Waals surface area contributed by atoms with Crippen molar-refractivity contribution >= 4 is 0 Å². The van der Waals surface area contributed by atoms with E-state index in [1.807, 2.05) is 0 Å². The van der Waals surface area contributed by atoms with Crippen LogP contribution in [-0.2, 0) is 0 Å². The van der Waals surface area contributed by atoms with Gasteiger partial charge in [0, 0.05) is 0 Å². The average molecular weight is 314 g/mol. The van der Waals surface area contributed by atoms with Crippen molar-refractivity contribution in [2.45, 2.75) is 37.4 Å². The molecule has 2 rings (SSSR count). The predicted molar refractivity (Wildman–Crippen MR) is 60.7 cm³/mol. The highest BCUT2D eigenvalue weighted by Crippen LogP contribution is 2.46. The molecule has 0 saturated heterocycles. The second-order valence-electron chi connectivity index (χ2n) is 4.90. The van der Waals surface area contributed by atoms with Gasteiger partial charge >= 0.3 is 12.4 Å². The number of aliphatic hydroxyl groups excluding tert-OH is 1. The molecule has 0 aromatic heterocycles. The van der Waals surface area contributed by atoms with E-state index in [0.29, 0.717) is 0 Å². The van der Waals surface area contributed by atoms with Crippen molar-refractivity contribution in [2.24, 2.45) is 5.92 Å². The van der Waals surface area contributed by atoms with Crippen molar-refractivity contribution in [1.29, 1.82) is 0 Å². The number of aliphatic hydroxyl groups is 1. The number of alkyl halides is 6. The molecule has 0 radical (unpaired) electrons. The minimum absolute atomic E-state index is 0.0570. The molecule has 0 amide bonds. The number of hydrogen-bond acceptors (Lipinski definition) is 2. The van der Waals surface area contributed by atoms with Crippen molar-refractivity contribution in [2.75, 3.05) is 0 Å². The molecule has 118 valence electrons. The Morgan fingerprint density at radius 1 is 1.05 bits per heavy atom. The van der Waals surface area contributed by atoms with Crippen LogP contribution >= 0.6 is 0 Å². The standard InChI is InChI=1S/C13H12F6O2/c14-12(15,16)11(13(17,18)19)10(20)7-2-1-3-9(6-7)21-8-4-5-8/h1-3,6,8,10-11,20H,4-5H2. The molecule has 1 N–H and O–H groups in total. The summed E-state index contributed by atoms with van der Waals surface area (Å²) in [4.78, 5) is 0. The van der Waals surface area contributed by atoms with Gasteiger partial charge in [-0.05, 0) is 30.5 Å². The van der Waals surface area contributed by atoms with Crippen LogP contribution in [0.5, 0.6) is 5.75 Å². The molecule has 1 saturated carbocycles. The molecule has 0 spiro atoms. The molecular weight excluding hydrogens is 302 g/mol. The van der Waals surface area contributed by atoms with Gasteiger partial charge < -0.3 is 9.84 Å². The van der Waals surface area contributed by atoms with Gasteiger partial charge in [0.2, 0.25) is 0 Å². The minimum Gasteiger partial charge on any atom is -0.490 e. The molecular formula is C13H12F6O2. The van der Waals surface area contributed by atoms with Crippen molar-refractivity contribution in [3.63, 3.8) is 0 Å². The molecule has 1 aromatic carbocycles. The van der Waals surface area contributed by atoms with Crippen LogP contribution in [0.2, 0.25) is 0 Å². The van der Waals surface area contributed by atoms with E-state index >= 15 is 0 Å². The van der Waals surface area contributed by atoms with E-state index < -0.39 is 29.9 Å².